The molecule has 5 aromatic heterocycles. The lowest BCUT2D eigenvalue weighted by Crippen LogP contribution is -2.07. The van der Waals surface area contributed by atoms with E-state index in [1.165, 1.54) is 34.4 Å². The molecule has 10 nitrogen and oxygen atoms in total. The molecule has 5 aromatic rings. The molecule has 166 valence electrons. The van der Waals surface area contributed by atoms with Crippen molar-refractivity contribution in [2.45, 2.75) is 38.1 Å². The van der Waals surface area contributed by atoms with Crippen LogP contribution >= 0.6 is 11.6 Å². The summed E-state index contributed by atoms with van der Waals surface area (Å²) in [4.78, 5) is 22.6. The average molecular weight is 466 g/mol. The summed E-state index contributed by atoms with van der Waals surface area (Å²) in [7, 11) is 0. The minimum absolute atomic E-state index is 0.00470. The Hall–Kier alpha value is -3.73. The fourth-order valence-corrected chi connectivity index (χ4v) is 3.94. The quantitative estimate of drug-likeness (QED) is 0.340. The Morgan fingerprint density at radius 2 is 2.09 bits per heavy atom. The average Bonchev–Trinajstić information content (AvgIpc) is 3.23. The zero-order chi connectivity index (χ0) is 22.5. The van der Waals surface area contributed by atoms with E-state index in [4.69, 9.17) is 11.6 Å². The SMILES string of the molecule is O=C(CCc1ncn2ccc(Cl)c(F)c12)c1nnn(Cc2cn3nc(C4CC4)ccc3n2)n1. The van der Waals surface area contributed by atoms with Crippen LogP contribution in [0.3, 0.4) is 0 Å². The lowest BCUT2D eigenvalue weighted by molar-refractivity contribution is 0.0972. The van der Waals surface area contributed by atoms with Crippen LogP contribution in [0.25, 0.3) is 11.2 Å². The molecule has 1 aliphatic rings. The van der Waals surface area contributed by atoms with Crippen molar-refractivity contribution in [1.82, 2.24) is 44.2 Å². The van der Waals surface area contributed by atoms with Gasteiger partial charge in [0.15, 0.2) is 11.5 Å². The summed E-state index contributed by atoms with van der Waals surface area (Å²) in [5, 5.41) is 16.6. The molecule has 0 unspecified atom stereocenters. The zero-order valence-corrected chi connectivity index (χ0v) is 18.0. The highest BCUT2D eigenvalue weighted by Crippen LogP contribution is 2.38. The summed E-state index contributed by atoms with van der Waals surface area (Å²) in [5.41, 5.74) is 3.23. The van der Waals surface area contributed by atoms with Crippen molar-refractivity contribution in [2.75, 3.05) is 0 Å². The van der Waals surface area contributed by atoms with Gasteiger partial charge >= 0.3 is 0 Å². The molecule has 33 heavy (non-hydrogen) atoms. The lowest BCUT2D eigenvalue weighted by Gasteiger charge is -2.01. The molecule has 0 aliphatic heterocycles. The molecule has 0 atom stereocenters. The molecule has 6 rings (SSSR count). The first-order valence-electron chi connectivity index (χ1n) is 10.5. The fourth-order valence-electron chi connectivity index (χ4n) is 3.80. The number of ketones is 1. The molecular weight excluding hydrogens is 449 g/mol. The van der Waals surface area contributed by atoms with E-state index in [2.05, 4.69) is 30.5 Å². The number of fused-ring (bicyclic) bond motifs is 2. The van der Waals surface area contributed by atoms with Gasteiger partial charge in [0.25, 0.3) is 0 Å². The Morgan fingerprint density at radius 3 is 2.94 bits per heavy atom. The molecule has 0 bridgehead atoms. The van der Waals surface area contributed by atoms with Gasteiger partial charge in [0, 0.05) is 18.5 Å². The number of nitrogens with zero attached hydrogens (tertiary/aromatic N) is 9. The molecule has 0 amide bonds. The number of halogens is 2. The molecule has 0 radical (unpaired) electrons. The molecule has 12 heteroatoms. The summed E-state index contributed by atoms with van der Waals surface area (Å²) >= 11 is 5.87. The Morgan fingerprint density at radius 1 is 1.21 bits per heavy atom. The second-order valence-electron chi connectivity index (χ2n) is 8.06. The number of rotatable bonds is 7. The van der Waals surface area contributed by atoms with Crippen molar-refractivity contribution in [3.8, 4) is 0 Å². The monoisotopic (exact) mass is 465 g/mol. The number of aryl methyl sites for hydroxylation is 1. The van der Waals surface area contributed by atoms with Gasteiger partial charge in [0.1, 0.15) is 12.1 Å². The van der Waals surface area contributed by atoms with Gasteiger partial charge < -0.3 is 4.40 Å². The smallest absolute Gasteiger partial charge is 0.240 e. The first-order valence-corrected chi connectivity index (χ1v) is 10.9. The predicted octanol–water partition coefficient (Wildman–Crippen LogP) is 2.90. The molecule has 0 saturated heterocycles. The van der Waals surface area contributed by atoms with Crippen LogP contribution in [-0.2, 0) is 13.0 Å². The third-order valence-electron chi connectivity index (χ3n) is 5.65. The Balaban J connectivity index is 1.14. The van der Waals surface area contributed by atoms with Crippen LogP contribution in [-0.4, -0.2) is 50.0 Å². The van der Waals surface area contributed by atoms with E-state index in [1.807, 2.05) is 18.3 Å². The predicted molar refractivity (Wildman–Crippen MR) is 115 cm³/mol. The van der Waals surface area contributed by atoms with Crippen LogP contribution in [0.2, 0.25) is 5.02 Å². The number of imidazole rings is 2. The van der Waals surface area contributed by atoms with Crippen LogP contribution in [0.1, 0.15) is 52.9 Å². The molecule has 1 saturated carbocycles. The zero-order valence-electron chi connectivity index (χ0n) is 17.3. The summed E-state index contributed by atoms with van der Waals surface area (Å²) in [6.45, 7) is 0.262. The maximum Gasteiger partial charge on any atom is 0.240 e. The van der Waals surface area contributed by atoms with Gasteiger partial charge in [-0.3, -0.25) is 4.79 Å². The van der Waals surface area contributed by atoms with Gasteiger partial charge in [-0.15, -0.1) is 10.2 Å². The van der Waals surface area contributed by atoms with Crippen LogP contribution in [0.15, 0.2) is 36.9 Å². The number of hydrogen-bond acceptors (Lipinski definition) is 7. The first kappa shape index (κ1) is 19.9. The van der Waals surface area contributed by atoms with Gasteiger partial charge in [0.2, 0.25) is 11.6 Å². The van der Waals surface area contributed by atoms with Crippen LogP contribution in [0.5, 0.6) is 0 Å². The Labute approximate surface area is 191 Å². The minimum Gasteiger partial charge on any atom is -0.303 e. The minimum atomic E-state index is -0.561. The van der Waals surface area contributed by atoms with Crippen molar-refractivity contribution < 1.29 is 9.18 Å². The highest BCUT2D eigenvalue weighted by Gasteiger charge is 2.25. The van der Waals surface area contributed by atoms with E-state index >= 15 is 0 Å². The van der Waals surface area contributed by atoms with Crippen LogP contribution in [0, 0.1) is 5.82 Å². The standard InChI is InChI=1S/C21H17ClFN9O/c22-14-7-8-30-11-24-16(20(30)19(14)23)3-5-17(33)21-26-29-32(28-21)10-13-9-31-18(25-13)6-4-15(27-31)12-1-2-12/h4,6-9,11-12H,1-3,5,10H2. The lowest BCUT2D eigenvalue weighted by atomic mass is 10.1. The molecule has 1 fully saturated rings. The number of hydrogen-bond donors (Lipinski definition) is 0. The van der Waals surface area contributed by atoms with E-state index < -0.39 is 5.82 Å². The van der Waals surface area contributed by atoms with E-state index in [-0.39, 0.29) is 41.5 Å². The second kappa shape index (κ2) is 7.69. The summed E-state index contributed by atoms with van der Waals surface area (Å²) in [5.74, 6) is -0.320. The van der Waals surface area contributed by atoms with E-state index in [0.29, 0.717) is 17.3 Å². The highest BCUT2D eigenvalue weighted by atomic mass is 35.5. The fraction of sp³-hybridized carbons (Fsp3) is 0.286. The molecule has 0 spiro atoms. The third kappa shape index (κ3) is 3.74. The van der Waals surface area contributed by atoms with Crippen molar-refractivity contribution in [3.05, 3.63) is 70.7 Å². The third-order valence-corrected chi connectivity index (χ3v) is 5.94. The van der Waals surface area contributed by atoms with Crippen LogP contribution < -0.4 is 0 Å². The molecule has 1 aliphatic carbocycles. The van der Waals surface area contributed by atoms with E-state index in [0.717, 1.165) is 11.3 Å². The molecule has 5 heterocycles. The molecule has 0 N–H and O–H groups in total. The van der Waals surface area contributed by atoms with Gasteiger partial charge in [-0.1, -0.05) is 11.6 Å². The summed E-state index contributed by atoms with van der Waals surface area (Å²) in [6, 6.07) is 5.41. The molecule has 0 aromatic carbocycles. The number of tetrazole rings is 1. The normalized spacial score (nSPS) is 13.9. The first-order chi connectivity index (χ1) is 16.0. The highest BCUT2D eigenvalue weighted by molar-refractivity contribution is 6.31. The van der Waals surface area contributed by atoms with E-state index in [9.17, 15) is 9.18 Å². The second-order valence-corrected chi connectivity index (χ2v) is 8.47. The molecular formula is C21H17ClFN9O. The topological polar surface area (TPSA) is 108 Å². The maximum atomic E-state index is 14.4. The van der Waals surface area contributed by atoms with Crippen molar-refractivity contribution >= 4 is 28.5 Å². The van der Waals surface area contributed by atoms with E-state index in [1.54, 1.807) is 10.7 Å². The van der Waals surface area contributed by atoms with Gasteiger partial charge in [-0.25, -0.2) is 18.9 Å². The summed E-state index contributed by atoms with van der Waals surface area (Å²) in [6.07, 6.45) is 7.58. The largest absolute Gasteiger partial charge is 0.303 e. The summed E-state index contributed by atoms with van der Waals surface area (Å²) < 4.78 is 17.7. The number of carbonyl (C=O) groups excluding carboxylic acids is 1. The van der Waals surface area contributed by atoms with Crippen molar-refractivity contribution in [2.24, 2.45) is 0 Å². The number of carbonyl (C=O) groups is 1. The van der Waals surface area contributed by atoms with Crippen LogP contribution in [0.4, 0.5) is 4.39 Å². The Bertz CT molecular complexity index is 1520. The number of pyridine rings is 1. The maximum absolute atomic E-state index is 14.4. The van der Waals surface area contributed by atoms with Gasteiger partial charge in [-0.05, 0) is 42.7 Å². The van der Waals surface area contributed by atoms with Gasteiger partial charge in [-0.2, -0.15) is 9.90 Å². The van der Waals surface area contributed by atoms with Crippen molar-refractivity contribution in [1.29, 1.82) is 0 Å². The number of aromatic nitrogens is 9. The van der Waals surface area contributed by atoms with Crippen molar-refractivity contribution in [3.63, 3.8) is 0 Å². The number of Topliss-reactive ketones (excluding diaryl/α,β-unsaturated/α-hetero) is 1. The van der Waals surface area contributed by atoms with Gasteiger partial charge in [0.05, 0.1) is 34.6 Å². The Kier molecular flexibility index (Phi) is 4.64.